The minimum absolute atomic E-state index is 0.448. The van der Waals surface area contributed by atoms with Gasteiger partial charge in [0.25, 0.3) is 0 Å². The van der Waals surface area contributed by atoms with Gasteiger partial charge in [0.15, 0.2) is 0 Å². The molecule has 1 aliphatic heterocycles. The van der Waals surface area contributed by atoms with Gasteiger partial charge in [0.2, 0.25) is 0 Å². The molecule has 0 radical (unpaired) electrons. The summed E-state index contributed by atoms with van der Waals surface area (Å²) in [5.74, 6) is 1.24. The molecule has 2 N–H and O–H groups in total. The zero-order chi connectivity index (χ0) is 14.9. The summed E-state index contributed by atoms with van der Waals surface area (Å²) >= 11 is 0. The first-order valence-corrected chi connectivity index (χ1v) is 8.80. The van der Waals surface area contributed by atoms with Crippen molar-refractivity contribution < 1.29 is 9.90 Å². The number of likely N-dealkylation sites (tertiary alicyclic amines) is 1. The Morgan fingerprint density at radius 1 is 1.19 bits per heavy atom. The van der Waals surface area contributed by atoms with Crippen LogP contribution in [0.15, 0.2) is 0 Å². The third-order valence-electron chi connectivity index (χ3n) is 5.78. The number of rotatable bonds is 8. The molecule has 0 amide bonds. The molecule has 120 valence electrons. The summed E-state index contributed by atoms with van der Waals surface area (Å²) < 4.78 is 0. The van der Waals surface area contributed by atoms with E-state index in [4.69, 9.17) is 0 Å². The number of unbranched alkanes of at least 4 members (excludes halogenated alkanes) is 1. The number of nitrogens with one attached hydrogen (secondary N) is 1. The van der Waals surface area contributed by atoms with Gasteiger partial charge >= 0.3 is 5.97 Å². The Hall–Kier alpha value is -0.610. The van der Waals surface area contributed by atoms with Gasteiger partial charge in [0.1, 0.15) is 5.54 Å². The second-order valence-corrected chi connectivity index (χ2v) is 7.72. The number of hydrogen-bond donors (Lipinski definition) is 2. The standard InChI is InChI=1S/C17H30N2O2/c1-17(16(20)21,18-15-7-8-15)9-2-3-10-19-11-13-5-4-6-14(13)12-19/h13-15,18H,2-12H2,1H3,(H,20,21). The number of nitrogens with zero attached hydrogens (tertiary/aromatic N) is 1. The SMILES string of the molecule is CC(CCCCN1CC2CCCC2C1)(NC1CC1)C(=O)O. The Morgan fingerprint density at radius 2 is 1.86 bits per heavy atom. The Labute approximate surface area is 128 Å². The van der Waals surface area contributed by atoms with Gasteiger partial charge < -0.3 is 10.0 Å². The van der Waals surface area contributed by atoms with E-state index < -0.39 is 11.5 Å². The molecule has 3 aliphatic rings. The number of carbonyl (C=O) groups is 1. The van der Waals surface area contributed by atoms with Crippen LogP contribution in [0.25, 0.3) is 0 Å². The van der Waals surface area contributed by atoms with Crippen LogP contribution in [-0.2, 0) is 4.79 Å². The van der Waals surface area contributed by atoms with E-state index >= 15 is 0 Å². The van der Waals surface area contributed by atoms with Crippen molar-refractivity contribution in [3.8, 4) is 0 Å². The van der Waals surface area contributed by atoms with E-state index in [9.17, 15) is 9.90 Å². The van der Waals surface area contributed by atoms with Gasteiger partial charge in [-0.15, -0.1) is 0 Å². The zero-order valence-electron chi connectivity index (χ0n) is 13.3. The van der Waals surface area contributed by atoms with Gasteiger partial charge in [-0.25, -0.2) is 0 Å². The molecule has 2 aliphatic carbocycles. The second-order valence-electron chi connectivity index (χ2n) is 7.72. The van der Waals surface area contributed by atoms with E-state index in [0.717, 1.165) is 50.5 Å². The second kappa shape index (κ2) is 6.25. The molecule has 4 nitrogen and oxygen atoms in total. The summed E-state index contributed by atoms with van der Waals surface area (Å²) in [4.78, 5) is 14.1. The Balaban J connectivity index is 1.36. The number of aliphatic carboxylic acids is 1. The van der Waals surface area contributed by atoms with Crippen LogP contribution in [0.2, 0.25) is 0 Å². The minimum Gasteiger partial charge on any atom is -0.480 e. The van der Waals surface area contributed by atoms with Crippen molar-refractivity contribution in [1.29, 1.82) is 0 Å². The lowest BCUT2D eigenvalue weighted by Gasteiger charge is -2.27. The maximum absolute atomic E-state index is 11.5. The quantitative estimate of drug-likeness (QED) is 0.675. The molecule has 4 heteroatoms. The molecule has 21 heavy (non-hydrogen) atoms. The fourth-order valence-corrected chi connectivity index (χ4v) is 4.25. The highest BCUT2D eigenvalue weighted by molar-refractivity contribution is 5.78. The zero-order valence-corrected chi connectivity index (χ0v) is 13.3. The molecule has 0 spiro atoms. The summed E-state index contributed by atoms with van der Waals surface area (Å²) in [6.45, 7) is 5.60. The van der Waals surface area contributed by atoms with Crippen molar-refractivity contribution in [3.05, 3.63) is 0 Å². The number of carboxylic acid groups (broad SMARTS) is 1. The minimum atomic E-state index is -0.720. The van der Waals surface area contributed by atoms with Crippen molar-refractivity contribution in [2.75, 3.05) is 19.6 Å². The van der Waals surface area contributed by atoms with Gasteiger partial charge in [0, 0.05) is 19.1 Å². The summed E-state index contributed by atoms with van der Waals surface area (Å²) in [6.07, 6.45) is 9.47. The lowest BCUT2D eigenvalue weighted by Crippen LogP contribution is -2.50. The van der Waals surface area contributed by atoms with Crippen LogP contribution in [0.5, 0.6) is 0 Å². The highest BCUT2D eigenvalue weighted by Gasteiger charge is 2.38. The van der Waals surface area contributed by atoms with E-state index in [1.54, 1.807) is 0 Å². The van der Waals surface area contributed by atoms with E-state index in [0.29, 0.717) is 6.04 Å². The van der Waals surface area contributed by atoms with Gasteiger partial charge in [0.05, 0.1) is 0 Å². The topological polar surface area (TPSA) is 52.6 Å². The third kappa shape index (κ3) is 3.78. The molecule has 0 aromatic carbocycles. The van der Waals surface area contributed by atoms with E-state index in [-0.39, 0.29) is 0 Å². The highest BCUT2D eigenvalue weighted by atomic mass is 16.4. The Kier molecular flexibility index (Phi) is 4.55. The van der Waals surface area contributed by atoms with Gasteiger partial charge in [-0.3, -0.25) is 10.1 Å². The smallest absolute Gasteiger partial charge is 0.323 e. The molecule has 1 saturated heterocycles. The predicted molar refractivity (Wildman–Crippen MR) is 83.3 cm³/mol. The van der Waals surface area contributed by atoms with Crippen molar-refractivity contribution >= 4 is 5.97 Å². The molecule has 3 atom stereocenters. The van der Waals surface area contributed by atoms with Crippen molar-refractivity contribution in [1.82, 2.24) is 10.2 Å². The lowest BCUT2D eigenvalue weighted by atomic mass is 9.94. The predicted octanol–water partition coefficient (Wildman–Crippen LogP) is 2.48. The monoisotopic (exact) mass is 294 g/mol. The third-order valence-corrected chi connectivity index (χ3v) is 5.78. The first-order valence-electron chi connectivity index (χ1n) is 8.80. The molecule has 1 heterocycles. The lowest BCUT2D eigenvalue weighted by molar-refractivity contribution is -0.144. The first kappa shape index (κ1) is 15.3. The molecular weight excluding hydrogens is 264 g/mol. The molecule has 0 aromatic heterocycles. The Morgan fingerprint density at radius 3 is 2.43 bits per heavy atom. The summed E-state index contributed by atoms with van der Waals surface area (Å²) in [7, 11) is 0. The average Bonchev–Trinajstić information content (AvgIpc) is 2.98. The average molecular weight is 294 g/mol. The Bertz CT molecular complexity index is 371. The number of fused-ring (bicyclic) bond motifs is 1. The largest absolute Gasteiger partial charge is 0.480 e. The highest BCUT2D eigenvalue weighted by Crippen LogP contribution is 2.37. The molecule has 0 bridgehead atoms. The fourth-order valence-electron chi connectivity index (χ4n) is 4.25. The normalized spacial score (nSPS) is 32.0. The fraction of sp³-hybridized carbons (Fsp3) is 0.941. The van der Waals surface area contributed by atoms with Gasteiger partial charge in [-0.1, -0.05) is 6.42 Å². The summed E-state index contributed by atoms with van der Waals surface area (Å²) in [5.41, 5.74) is -0.720. The van der Waals surface area contributed by atoms with E-state index in [2.05, 4.69) is 10.2 Å². The summed E-state index contributed by atoms with van der Waals surface area (Å²) in [5, 5.41) is 12.8. The van der Waals surface area contributed by atoms with Crippen LogP contribution in [0.1, 0.15) is 58.3 Å². The molecule has 2 saturated carbocycles. The van der Waals surface area contributed by atoms with Crippen molar-refractivity contribution in [2.24, 2.45) is 11.8 Å². The molecular formula is C17H30N2O2. The molecule has 3 fully saturated rings. The number of hydrogen-bond acceptors (Lipinski definition) is 3. The first-order chi connectivity index (χ1) is 10.1. The molecule has 3 unspecified atom stereocenters. The molecule has 3 rings (SSSR count). The van der Waals surface area contributed by atoms with Crippen molar-refractivity contribution in [2.45, 2.75) is 69.9 Å². The van der Waals surface area contributed by atoms with E-state index in [1.165, 1.54) is 32.4 Å². The van der Waals surface area contributed by atoms with Crippen LogP contribution >= 0.6 is 0 Å². The maximum Gasteiger partial charge on any atom is 0.323 e. The van der Waals surface area contributed by atoms with Gasteiger partial charge in [-0.2, -0.15) is 0 Å². The van der Waals surface area contributed by atoms with E-state index in [1.807, 2.05) is 6.92 Å². The molecule has 0 aromatic rings. The van der Waals surface area contributed by atoms with Crippen molar-refractivity contribution in [3.63, 3.8) is 0 Å². The van der Waals surface area contributed by atoms with Crippen LogP contribution < -0.4 is 5.32 Å². The maximum atomic E-state index is 11.5. The van der Waals surface area contributed by atoms with Crippen LogP contribution in [0.4, 0.5) is 0 Å². The van der Waals surface area contributed by atoms with Gasteiger partial charge in [-0.05, 0) is 70.3 Å². The number of carboxylic acids is 1. The van der Waals surface area contributed by atoms with Crippen LogP contribution in [0, 0.1) is 11.8 Å². The van der Waals surface area contributed by atoms with Crippen LogP contribution in [-0.4, -0.2) is 47.2 Å². The van der Waals surface area contributed by atoms with Crippen LogP contribution in [0.3, 0.4) is 0 Å². The summed E-state index contributed by atoms with van der Waals surface area (Å²) in [6, 6.07) is 0.448.